The minimum absolute atomic E-state index is 0.0569. The largest absolute Gasteiger partial charge is 0.310 e. The molecule has 0 bridgehead atoms. The van der Waals surface area contributed by atoms with E-state index in [9.17, 15) is 17.6 Å². The second kappa shape index (κ2) is 17.2. The second-order valence-electron chi connectivity index (χ2n) is 9.27. The van der Waals surface area contributed by atoms with Gasteiger partial charge in [-0.25, -0.2) is 4.39 Å². The topological polar surface area (TPSA) is 82.1 Å². The molecular weight excluding hydrogens is 550 g/mol. The van der Waals surface area contributed by atoms with Crippen LogP contribution in [0.1, 0.15) is 46.5 Å². The number of halogens is 3. The average Bonchev–Trinajstić information content (AvgIpc) is 2.79. The van der Waals surface area contributed by atoms with Crippen LogP contribution in [0.2, 0.25) is 0 Å². The maximum atomic E-state index is 14.0. The fraction of sp³-hybridized carbons (Fsp3) is 0.556. The summed E-state index contributed by atoms with van der Waals surface area (Å²) in [6, 6.07) is 0. The minimum atomic E-state index is -3.30. The Balaban J connectivity index is 0.000000420. The molecule has 0 spiro atoms. The van der Waals surface area contributed by atoms with Gasteiger partial charge in [-0.15, -0.1) is 0 Å². The number of carbonyl (C=O) groups is 1. The highest BCUT2D eigenvalue weighted by atomic mass is 35.5. The van der Waals surface area contributed by atoms with Gasteiger partial charge in [0.1, 0.15) is 5.83 Å². The summed E-state index contributed by atoms with van der Waals surface area (Å²) in [6.07, 6.45) is 12.5. The van der Waals surface area contributed by atoms with Crippen LogP contribution < -0.4 is 5.32 Å². The fourth-order valence-electron chi connectivity index (χ4n) is 3.76. The quantitative estimate of drug-likeness (QED) is 0.184. The second-order valence-corrected chi connectivity index (χ2v) is 12.1. The number of rotatable bonds is 12. The van der Waals surface area contributed by atoms with Crippen molar-refractivity contribution in [1.82, 2.24) is 13.9 Å². The molecule has 2 rings (SSSR count). The smallest absolute Gasteiger partial charge is 0.281 e. The highest BCUT2D eigenvalue weighted by Gasteiger charge is 2.38. The number of aliphatic imine (C=N–C) groups is 1. The summed E-state index contributed by atoms with van der Waals surface area (Å²) in [4.78, 5) is 15.5. The van der Waals surface area contributed by atoms with Crippen molar-refractivity contribution in [3.8, 4) is 0 Å². The highest BCUT2D eigenvalue weighted by molar-refractivity contribution is 7.86. The number of piperidine rings is 1. The summed E-state index contributed by atoms with van der Waals surface area (Å²) in [7, 11) is -1.62. The standard InChI is InChI=1S/C16H26FN3O2S.C11H15Cl2NO/c1-16(14-15(17)6-3-4-9-18-2)7-12-20(13-8-16)23(21,22)19-10-5-11-19;1-4-9(10(13)6-8(3)12)11(15)7-14-5-2/h3,6,9,14H,4-5,7-8,10-13H2,1-2H3;4,6,14H,3,5,7H2,1-2H3/b6-3?,15-14-,18-9?;9-4+,10-6+. The molecule has 0 radical (unpaired) electrons. The lowest BCUT2D eigenvalue weighted by atomic mass is 9.80. The van der Waals surface area contributed by atoms with E-state index in [1.54, 1.807) is 38.4 Å². The predicted octanol–water partition coefficient (Wildman–Crippen LogP) is 5.53. The lowest BCUT2D eigenvalue weighted by Gasteiger charge is -2.41. The summed E-state index contributed by atoms with van der Waals surface area (Å²) in [5.41, 5.74) is 0.160. The molecule has 2 fully saturated rings. The zero-order valence-corrected chi connectivity index (χ0v) is 25.2. The van der Waals surface area contributed by atoms with Crippen molar-refractivity contribution in [1.29, 1.82) is 0 Å². The number of hydrogen-bond donors (Lipinski definition) is 1. The van der Waals surface area contributed by atoms with Crippen molar-refractivity contribution in [2.24, 2.45) is 10.4 Å². The van der Waals surface area contributed by atoms with E-state index >= 15 is 0 Å². The summed E-state index contributed by atoms with van der Waals surface area (Å²) >= 11 is 11.5. The first-order valence-electron chi connectivity index (χ1n) is 12.7. The van der Waals surface area contributed by atoms with Crippen LogP contribution >= 0.6 is 23.2 Å². The van der Waals surface area contributed by atoms with Crippen LogP contribution in [0.5, 0.6) is 0 Å². The number of likely N-dealkylation sites (N-methyl/N-ethyl adjacent to an activating group) is 1. The van der Waals surface area contributed by atoms with Gasteiger partial charge in [0.2, 0.25) is 0 Å². The lowest BCUT2D eigenvalue weighted by molar-refractivity contribution is -0.114. The molecule has 38 heavy (non-hydrogen) atoms. The molecule has 0 saturated carbocycles. The van der Waals surface area contributed by atoms with Crippen molar-refractivity contribution >= 4 is 45.4 Å². The van der Waals surface area contributed by atoms with E-state index in [0.29, 0.717) is 61.1 Å². The third-order valence-electron chi connectivity index (χ3n) is 6.19. The van der Waals surface area contributed by atoms with Gasteiger partial charge in [-0.3, -0.25) is 4.79 Å². The maximum absolute atomic E-state index is 14.0. The molecular formula is C27H41Cl2FN4O3S. The molecule has 0 atom stereocenters. The molecule has 0 aromatic carbocycles. The van der Waals surface area contributed by atoms with Crippen LogP contribution in [0.25, 0.3) is 0 Å². The molecule has 2 saturated heterocycles. The Bertz CT molecular complexity index is 1060. The van der Waals surface area contributed by atoms with Crippen LogP contribution in [0.3, 0.4) is 0 Å². The number of ketones is 1. The maximum Gasteiger partial charge on any atom is 0.281 e. The Hall–Kier alpha value is -1.62. The number of nitrogens with one attached hydrogen (secondary N) is 1. The first kappa shape index (κ1) is 34.4. The van der Waals surface area contributed by atoms with Crippen molar-refractivity contribution < 1.29 is 17.6 Å². The zero-order valence-electron chi connectivity index (χ0n) is 22.9. The van der Waals surface area contributed by atoms with Gasteiger partial charge in [0, 0.05) is 56.5 Å². The number of allylic oxidation sites excluding steroid dienone is 8. The van der Waals surface area contributed by atoms with Crippen molar-refractivity contribution in [3.05, 3.63) is 58.4 Å². The van der Waals surface area contributed by atoms with Gasteiger partial charge in [-0.05, 0) is 56.4 Å². The molecule has 0 aromatic rings. The highest BCUT2D eigenvalue weighted by Crippen LogP contribution is 2.35. The van der Waals surface area contributed by atoms with E-state index in [1.165, 1.54) is 20.8 Å². The van der Waals surface area contributed by atoms with E-state index < -0.39 is 10.2 Å². The Labute approximate surface area is 238 Å². The van der Waals surface area contributed by atoms with Crippen LogP contribution in [-0.2, 0) is 15.0 Å². The van der Waals surface area contributed by atoms with Crippen molar-refractivity contribution in [2.45, 2.75) is 46.5 Å². The molecule has 2 aliphatic heterocycles. The molecule has 11 heteroatoms. The molecule has 0 amide bonds. The summed E-state index contributed by atoms with van der Waals surface area (Å²) in [6.45, 7) is 12.3. The van der Waals surface area contributed by atoms with E-state index in [-0.39, 0.29) is 23.6 Å². The van der Waals surface area contributed by atoms with Crippen LogP contribution in [0.15, 0.2) is 63.4 Å². The van der Waals surface area contributed by atoms with E-state index in [0.717, 1.165) is 13.0 Å². The Kier molecular flexibility index (Phi) is 15.5. The predicted molar refractivity (Wildman–Crippen MR) is 158 cm³/mol. The Morgan fingerprint density at radius 1 is 1.18 bits per heavy atom. The summed E-state index contributed by atoms with van der Waals surface area (Å²) in [5.74, 6) is -0.324. The minimum Gasteiger partial charge on any atom is -0.310 e. The molecule has 0 unspecified atom stereocenters. The monoisotopic (exact) mass is 590 g/mol. The SMILES string of the molecule is C=C(Cl)/C=C(Cl)\C(=C/C)C(=O)CNCC.CN=CCC=C/C(F)=C/C1(C)CCN(S(=O)(=O)N2CCC2)CC1. The third-order valence-corrected chi connectivity index (χ3v) is 8.64. The Morgan fingerprint density at radius 2 is 1.79 bits per heavy atom. The van der Waals surface area contributed by atoms with Crippen LogP contribution in [0.4, 0.5) is 4.39 Å². The van der Waals surface area contributed by atoms with E-state index in [1.807, 2.05) is 13.8 Å². The first-order chi connectivity index (χ1) is 17.9. The number of hydrogen-bond acceptors (Lipinski definition) is 5. The van der Waals surface area contributed by atoms with Gasteiger partial charge in [-0.1, -0.05) is 55.8 Å². The van der Waals surface area contributed by atoms with Crippen molar-refractivity contribution in [2.75, 3.05) is 46.3 Å². The third kappa shape index (κ3) is 11.6. The molecule has 1 N–H and O–H groups in total. The van der Waals surface area contributed by atoms with Crippen LogP contribution in [-0.4, -0.2) is 75.3 Å². The molecule has 0 aromatic heterocycles. The van der Waals surface area contributed by atoms with Crippen molar-refractivity contribution in [3.63, 3.8) is 0 Å². The van der Waals surface area contributed by atoms with Gasteiger partial charge in [-0.2, -0.15) is 17.0 Å². The fourth-order valence-corrected chi connectivity index (χ4v) is 5.96. The van der Waals surface area contributed by atoms with Gasteiger partial charge in [0.25, 0.3) is 10.2 Å². The Morgan fingerprint density at radius 3 is 2.26 bits per heavy atom. The molecule has 214 valence electrons. The molecule has 7 nitrogen and oxygen atoms in total. The summed E-state index contributed by atoms with van der Waals surface area (Å²) in [5, 5.41) is 3.56. The molecule has 2 heterocycles. The first-order valence-corrected chi connectivity index (χ1v) is 14.9. The van der Waals surface area contributed by atoms with E-state index in [4.69, 9.17) is 23.2 Å². The number of nitrogens with zero attached hydrogens (tertiary/aromatic N) is 3. The van der Waals surface area contributed by atoms with E-state index in [2.05, 4.69) is 16.9 Å². The van der Waals surface area contributed by atoms with Gasteiger partial charge >= 0.3 is 0 Å². The van der Waals surface area contributed by atoms with Gasteiger partial charge in [0.15, 0.2) is 5.78 Å². The normalized spacial score (nSPS) is 19.8. The lowest BCUT2D eigenvalue weighted by Crippen LogP contribution is -2.52. The van der Waals surface area contributed by atoms with Gasteiger partial charge < -0.3 is 10.3 Å². The van der Waals surface area contributed by atoms with Crippen LogP contribution in [0, 0.1) is 5.41 Å². The van der Waals surface area contributed by atoms with Gasteiger partial charge in [0.05, 0.1) is 11.6 Å². The molecule has 0 aliphatic carbocycles. The molecule has 2 aliphatic rings. The number of Topliss-reactive ketones (excluding diaryl/α,β-unsaturated/α-hetero) is 1. The zero-order chi connectivity index (χ0) is 28.8. The summed E-state index contributed by atoms with van der Waals surface area (Å²) < 4.78 is 41.7. The average molecular weight is 592 g/mol. The number of carbonyl (C=O) groups excluding carboxylic acids is 1.